The monoisotopic (exact) mass is 599 g/mol. The Bertz CT molecular complexity index is 2490. The van der Waals surface area contributed by atoms with Crippen LogP contribution in [0.25, 0.3) is 85.6 Å². The van der Waals surface area contributed by atoms with Crippen LogP contribution in [-0.4, -0.2) is 15.0 Å². The van der Waals surface area contributed by atoms with Crippen molar-refractivity contribution in [1.29, 1.82) is 0 Å². The Morgan fingerprint density at radius 1 is 0.386 bits per heavy atom. The lowest BCUT2D eigenvalue weighted by atomic mass is 9.99. The van der Waals surface area contributed by atoms with Gasteiger partial charge in [-0.05, 0) is 35.3 Å². The third-order valence-electron chi connectivity index (χ3n) is 8.02. The van der Waals surface area contributed by atoms with Crippen LogP contribution < -0.4 is 0 Å². The lowest BCUT2D eigenvalue weighted by Gasteiger charge is -2.12. The first kappa shape index (κ1) is 23.3. The second kappa shape index (κ2) is 10.2. The molecule has 9 aromatic rings. The molecule has 0 spiro atoms. The van der Waals surface area contributed by atoms with Crippen molar-refractivity contribution in [3.8, 4) is 45.3 Å². The van der Waals surface area contributed by atoms with Crippen LogP contribution in [0.2, 0.25) is 0 Å². The van der Waals surface area contributed by atoms with Crippen LogP contribution in [0.5, 0.6) is 0 Å². The van der Waals surface area contributed by atoms with Gasteiger partial charge in [0.1, 0.15) is 0 Å². The van der Waals surface area contributed by atoms with Gasteiger partial charge in [0.25, 0.3) is 0 Å². The minimum atomic E-state index is 0.517. The Hall–Kier alpha value is -5.23. The summed E-state index contributed by atoms with van der Waals surface area (Å²) in [4.78, 5) is 15.5. The molecule has 0 unspecified atom stereocenters. The lowest BCUT2D eigenvalue weighted by Crippen LogP contribution is -2.01. The molecule has 3 nitrogen and oxygen atoms in total. The quantitative estimate of drug-likeness (QED) is 0.202. The molecular formula is C39H23N3S2. The standard InChI is InChI=1S/C39H23N3S2/c1-2-12-24(13-3-1)25-14-4-5-17-30(25)37-40-38(31-20-10-18-28-26-15-6-8-22-33(26)43-35(28)31)42-39(41-37)32-21-11-19-29-27-16-7-9-23-34(27)44-36(29)32/h1-23H/i22D,23D. The van der Waals surface area contributed by atoms with E-state index in [1.54, 1.807) is 22.7 Å². The van der Waals surface area contributed by atoms with Crippen LogP contribution >= 0.6 is 22.7 Å². The number of thiophene rings is 2. The Morgan fingerprint density at radius 3 is 1.39 bits per heavy atom. The largest absolute Gasteiger partial charge is 0.208 e. The molecule has 3 heterocycles. The summed E-state index contributed by atoms with van der Waals surface area (Å²) in [5.74, 6) is 1.77. The molecule has 0 aliphatic carbocycles. The van der Waals surface area contributed by atoms with Gasteiger partial charge in [0.05, 0.1) is 2.74 Å². The molecule has 0 aliphatic heterocycles. The van der Waals surface area contributed by atoms with Gasteiger partial charge in [-0.3, -0.25) is 0 Å². The first-order valence-corrected chi connectivity index (χ1v) is 16.0. The van der Waals surface area contributed by atoms with E-state index in [4.69, 9.17) is 17.7 Å². The fourth-order valence-corrected chi connectivity index (χ4v) is 8.35. The summed E-state index contributed by atoms with van der Waals surface area (Å²) < 4.78 is 21.1. The first-order valence-electron chi connectivity index (χ1n) is 15.4. The van der Waals surface area contributed by atoms with Gasteiger partial charge in [0.15, 0.2) is 17.5 Å². The summed E-state index contributed by atoms with van der Waals surface area (Å²) in [6, 6.07) is 43.8. The molecule has 3 aromatic heterocycles. The van der Waals surface area contributed by atoms with E-state index in [1.165, 1.54) is 0 Å². The Morgan fingerprint density at radius 2 is 0.818 bits per heavy atom. The van der Waals surface area contributed by atoms with E-state index >= 15 is 0 Å². The van der Waals surface area contributed by atoms with Gasteiger partial charge >= 0.3 is 0 Å². The van der Waals surface area contributed by atoms with Gasteiger partial charge in [-0.25, -0.2) is 15.0 Å². The van der Waals surface area contributed by atoms with Gasteiger partial charge in [-0.15, -0.1) is 22.7 Å². The second-order valence-corrected chi connectivity index (χ2v) is 12.7. The zero-order valence-corrected chi connectivity index (χ0v) is 24.9. The van der Waals surface area contributed by atoms with Crippen LogP contribution in [0.3, 0.4) is 0 Å². The number of benzene rings is 6. The molecule has 0 fully saturated rings. The lowest BCUT2D eigenvalue weighted by molar-refractivity contribution is 1.08. The normalized spacial score (nSPS) is 12.3. The summed E-state index contributed by atoms with van der Waals surface area (Å²) >= 11 is 3.23. The number of hydrogen-bond acceptors (Lipinski definition) is 5. The van der Waals surface area contributed by atoms with Crippen molar-refractivity contribution in [3.05, 3.63) is 139 Å². The van der Waals surface area contributed by atoms with Crippen LogP contribution in [0.4, 0.5) is 0 Å². The number of fused-ring (bicyclic) bond motifs is 6. The third-order valence-corrected chi connectivity index (χ3v) is 10.4. The maximum absolute atomic E-state index is 8.56. The second-order valence-electron chi connectivity index (χ2n) is 10.6. The predicted octanol–water partition coefficient (Wildman–Crippen LogP) is 11.3. The number of hydrogen-bond donors (Lipinski definition) is 0. The molecule has 0 bridgehead atoms. The summed E-state index contributed by atoms with van der Waals surface area (Å²) in [7, 11) is 0. The third kappa shape index (κ3) is 4.05. The van der Waals surface area contributed by atoms with Gasteiger partial charge in [0.2, 0.25) is 0 Å². The maximum atomic E-state index is 8.56. The van der Waals surface area contributed by atoms with Crippen LogP contribution in [0.15, 0.2) is 139 Å². The first-order chi connectivity index (χ1) is 22.6. The highest BCUT2D eigenvalue weighted by molar-refractivity contribution is 7.26. The molecule has 0 saturated heterocycles. The highest BCUT2D eigenvalue weighted by Gasteiger charge is 2.20. The zero-order valence-electron chi connectivity index (χ0n) is 25.3. The molecule has 0 atom stereocenters. The summed E-state index contributed by atoms with van der Waals surface area (Å²) in [5, 5.41) is 4.32. The molecular weight excluding hydrogens is 575 g/mol. The highest BCUT2D eigenvalue weighted by Crippen LogP contribution is 2.42. The Labute approximate surface area is 264 Å². The van der Waals surface area contributed by atoms with Crippen molar-refractivity contribution in [2.45, 2.75) is 0 Å². The van der Waals surface area contributed by atoms with Crippen LogP contribution in [0, 0.1) is 0 Å². The van der Waals surface area contributed by atoms with Crippen molar-refractivity contribution < 1.29 is 2.74 Å². The van der Waals surface area contributed by atoms with E-state index in [1.807, 2.05) is 66.7 Å². The molecule has 0 amide bonds. The van der Waals surface area contributed by atoms with Gasteiger partial charge < -0.3 is 0 Å². The van der Waals surface area contributed by atoms with E-state index in [-0.39, 0.29) is 0 Å². The van der Waals surface area contributed by atoms with E-state index in [2.05, 4.69) is 60.7 Å². The highest BCUT2D eigenvalue weighted by atomic mass is 32.1. The smallest absolute Gasteiger partial charge is 0.165 e. The van der Waals surface area contributed by atoms with E-state index in [0.29, 0.717) is 29.6 Å². The average Bonchev–Trinajstić information content (AvgIpc) is 3.69. The minimum absolute atomic E-state index is 0.517. The molecule has 6 aromatic carbocycles. The maximum Gasteiger partial charge on any atom is 0.165 e. The van der Waals surface area contributed by atoms with Crippen molar-refractivity contribution in [3.63, 3.8) is 0 Å². The Balaban J connectivity index is 1.35. The van der Waals surface area contributed by atoms with E-state index < -0.39 is 0 Å². The van der Waals surface area contributed by atoms with Crippen molar-refractivity contribution in [2.75, 3.05) is 0 Å². The molecule has 0 aliphatic rings. The Kier molecular flexibility index (Phi) is 5.39. The fraction of sp³-hybridized carbons (Fsp3) is 0. The number of rotatable bonds is 4. The molecule has 0 N–H and O–H groups in total. The van der Waals surface area contributed by atoms with Crippen molar-refractivity contribution in [2.24, 2.45) is 0 Å². The topological polar surface area (TPSA) is 38.7 Å². The average molecular weight is 600 g/mol. The molecule has 0 radical (unpaired) electrons. The summed E-state index contributed by atoms with van der Waals surface area (Å²) in [6.45, 7) is 0. The van der Waals surface area contributed by atoms with Crippen LogP contribution in [-0.2, 0) is 0 Å². The molecule has 44 heavy (non-hydrogen) atoms. The van der Waals surface area contributed by atoms with Crippen molar-refractivity contribution >= 4 is 63.0 Å². The van der Waals surface area contributed by atoms with E-state index in [0.717, 1.165) is 68.2 Å². The molecule has 0 saturated carbocycles. The summed E-state index contributed by atoms with van der Waals surface area (Å²) in [6.07, 6.45) is 0. The predicted molar refractivity (Wildman–Crippen MR) is 187 cm³/mol. The van der Waals surface area contributed by atoms with E-state index in [9.17, 15) is 0 Å². The molecule has 206 valence electrons. The van der Waals surface area contributed by atoms with Gasteiger partial charge in [-0.1, -0.05) is 115 Å². The fourth-order valence-electron chi connectivity index (χ4n) is 6.00. The SMILES string of the molecule is [2H]c1cccc2c1sc1c(-c3nc(-c4ccccc4-c4ccccc4)nc(-c4cccc5c4sc4c([2H])cccc45)n3)cccc12. The molecule has 9 rings (SSSR count). The van der Waals surface area contributed by atoms with Crippen molar-refractivity contribution in [1.82, 2.24) is 15.0 Å². The molecule has 5 heteroatoms. The summed E-state index contributed by atoms with van der Waals surface area (Å²) in [5.41, 5.74) is 4.89. The zero-order chi connectivity index (χ0) is 30.8. The number of aromatic nitrogens is 3. The van der Waals surface area contributed by atoms with Crippen LogP contribution in [0.1, 0.15) is 2.74 Å². The minimum Gasteiger partial charge on any atom is -0.208 e. The van der Waals surface area contributed by atoms with Gasteiger partial charge in [-0.2, -0.15) is 0 Å². The number of nitrogens with zero attached hydrogens (tertiary/aromatic N) is 3. The van der Waals surface area contributed by atoms with Gasteiger partial charge in [0, 0.05) is 57.0 Å².